The first-order chi connectivity index (χ1) is 8.08. The summed E-state index contributed by atoms with van der Waals surface area (Å²) in [5.41, 5.74) is 1.09. The van der Waals surface area contributed by atoms with Crippen LogP contribution in [-0.4, -0.2) is 19.8 Å². The molecule has 4 heteroatoms. The van der Waals surface area contributed by atoms with Gasteiger partial charge in [-0.3, -0.25) is 0 Å². The molecule has 0 aliphatic carbocycles. The molecule has 0 radical (unpaired) electrons. The third-order valence-corrected chi connectivity index (χ3v) is 2.57. The molecular formula is C13H20ClNO2. The molecule has 0 saturated carbocycles. The summed E-state index contributed by atoms with van der Waals surface area (Å²) in [7, 11) is 1.62. The van der Waals surface area contributed by atoms with E-state index in [0.717, 1.165) is 12.1 Å². The van der Waals surface area contributed by atoms with Gasteiger partial charge in [0.1, 0.15) is 0 Å². The van der Waals surface area contributed by atoms with Gasteiger partial charge in [0.25, 0.3) is 0 Å². The third-order valence-electron chi connectivity index (χ3n) is 2.29. The van der Waals surface area contributed by atoms with Gasteiger partial charge in [0.2, 0.25) is 0 Å². The molecule has 1 rings (SSSR count). The summed E-state index contributed by atoms with van der Waals surface area (Å²) in [4.78, 5) is 0. The zero-order valence-electron chi connectivity index (χ0n) is 10.8. The Kier molecular flexibility index (Phi) is 5.59. The summed E-state index contributed by atoms with van der Waals surface area (Å²) >= 11 is 6.17. The Morgan fingerprint density at radius 2 is 2.06 bits per heavy atom. The van der Waals surface area contributed by atoms with Crippen LogP contribution < -0.4 is 14.8 Å². The minimum absolute atomic E-state index is 0.436. The van der Waals surface area contributed by atoms with E-state index in [1.54, 1.807) is 7.11 Å². The molecule has 0 spiro atoms. The fraction of sp³-hybridized carbons (Fsp3) is 0.538. The van der Waals surface area contributed by atoms with Crippen LogP contribution in [0.1, 0.15) is 26.3 Å². The van der Waals surface area contributed by atoms with E-state index in [9.17, 15) is 0 Å². The molecule has 1 aromatic rings. The van der Waals surface area contributed by atoms with Crippen molar-refractivity contribution in [1.82, 2.24) is 5.32 Å². The quantitative estimate of drug-likeness (QED) is 0.849. The molecule has 0 bridgehead atoms. The fourth-order valence-electron chi connectivity index (χ4n) is 1.48. The van der Waals surface area contributed by atoms with Gasteiger partial charge in [-0.15, -0.1) is 0 Å². The lowest BCUT2D eigenvalue weighted by molar-refractivity contribution is 0.311. The SMILES string of the molecule is CCOc1c(Cl)cc(CNC(C)C)cc1OC. The average Bonchev–Trinajstić information content (AvgIpc) is 2.29. The molecule has 17 heavy (non-hydrogen) atoms. The van der Waals surface area contributed by atoms with Gasteiger partial charge in [-0.05, 0) is 24.6 Å². The highest BCUT2D eigenvalue weighted by molar-refractivity contribution is 6.32. The zero-order valence-corrected chi connectivity index (χ0v) is 11.6. The highest BCUT2D eigenvalue weighted by atomic mass is 35.5. The van der Waals surface area contributed by atoms with E-state index in [1.807, 2.05) is 19.1 Å². The standard InChI is InChI=1S/C13H20ClNO2/c1-5-17-13-11(14)6-10(7-12(13)16-4)8-15-9(2)3/h6-7,9,15H,5,8H2,1-4H3. The Morgan fingerprint density at radius 3 is 2.59 bits per heavy atom. The molecule has 0 atom stereocenters. The Hall–Kier alpha value is -0.930. The van der Waals surface area contributed by atoms with Gasteiger partial charge < -0.3 is 14.8 Å². The van der Waals surface area contributed by atoms with Gasteiger partial charge >= 0.3 is 0 Å². The number of ether oxygens (including phenoxy) is 2. The van der Waals surface area contributed by atoms with Crippen LogP contribution in [0.3, 0.4) is 0 Å². The summed E-state index contributed by atoms with van der Waals surface area (Å²) in [6.45, 7) is 7.46. The smallest absolute Gasteiger partial charge is 0.179 e. The van der Waals surface area contributed by atoms with Crippen LogP contribution in [0.5, 0.6) is 11.5 Å². The Bertz CT molecular complexity index is 367. The summed E-state index contributed by atoms with van der Waals surface area (Å²) < 4.78 is 10.8. The lowest BCUT2D eigenvalue weighted by atomic mass is 10.2. The lowest BCUT2D eigenvalue weighted by Gasteiger charge is -2.14. The van der Waals surface area contributed by atoms with Crippen LogP contribution in [0.15, 0.2) is 12.1 Å². The van der Waals surface area contributed by atoms with E-state index in [0.29, 0.717) is 29.2 Å². The normalized spacial score (nSPS) is 10.7. The topological polar surface area (TPSA) is 30.5 Å². The molecule has 0 heterocycles. The van der Waals surface area contributed by atoms with Gasteiger partial charge in [0.15, 0.2) is 11.5 Å². The van der Waals surface area contributed by atoms with E-state index in [4.69, 9.17) is 21.1 Å². The van der Waals surface area contributed by atoms with Crippen molar-refractivity contribution in [2.75, 3.05) is 13.7 Å². The molecule has 1 N–H and O–H groups in total. The number of halogens is 1. The Morgan fingerprint density at radius 1 is 1.35 bits per heavy atom. The number of hydrogen-bond acceptors (Lipinski definition) is 3. The van der Waals surface area contributed by atoms with Crippen LogP contribution in [0.25, 0.3) is 0 Å². The number of nitrogens with one attached hydrogen (secondary N) is 1. The van der Waals surface area contributed by atoms with Crippen molar-refractivity contribution in [3.05, 3.63) is 22.7 Å². The van der Waals surface area contributed by atoms with Crippen LogP contribution in [0.2, 0.25) is 5.02 Å². The maximum absolute atomic E-state index is 6.17. The minimum Gasteiger partial charge on any atom is -0.493 e. The van der Waals surface area contributed by atoms with Gasteiger partial charge in [-0.1, -0.05) is 25.4 Å². The molecule has 0 unspecified atom stereocenters. The Labute approximate surface area is 108 Å². The van der Waals surface area contributed by atoms with Gasteiger partial charge in [-0.2, -0.15) is 0 Å². The van der Waals surface area contributed by atoms with Crippen molar-refractivity contribution < 1.29 is 9.47 Å². The maximum Gasteiger partial charge on any atom is 0.179 e. The van der Waals surface area contributed by atoms with E-state index < -0.39 is 0 Å². The number of benzene rings is 1. The van der Waals surface area contributed by atoms with Gasteiger partial charge in [0.05, 0.1) is 18.7 Å². The molecule has 0 saturated heterocycles. The van der Waals surface area contributed by atoms with Crippen molar-refractivity contribution >= 4 is 11.6 Å². The van der Waals surface area contributed by atoms with Crippen molar-refractivity contribution in [2.24, 2.45) is 0 Å². The monoisotopic (exact) mass is 257 g/mol. The van der Waals surface area contributed by atoms with E-state index in [1.165, 1.54) is 0 Å². The van der Waals surface area contributed by atoms with Crippen LogP contribution in [0.4, 0.5) is 0 Å². The van der Waals surface area contributed by atoms with Crippen molar-refractivity contribution in [3.63, 3.8) is 0 Å². The van der Waals surface area contributed by atoms with Crippen molar-refractivity contribution in [1.29, 1.82) is 0 Å². The predicted molar refractivity (Wildman–Crippen MR) is 71.1 cm³/mol. The highest BCUT2D eigenvalue weighted by Crippen LogP contribution is 2.36. The van der Waals surface area contributed by atoms with Gasteiger partial charge in [0, 0.05) is 12.6 Å². The number of rotatable bonds is 6. The fourth-order valence-corrected chi connectivity index (χ4v) is 1.77. The summed E-state index contributed by atoms with van der Waals surface area (Å²) in [5.74, 6) is 1.30. The minimum atomic E-state index is 0.436. The molecular weight excluding hydrogens is 238 g/mol. The van der Waals surface area contributed by atoms with Gasteiger partial charge in [-0.25, -0.2) is 0 Å². The second-order valence-corrected chi connectivity index (χ2v) is 4.48. The van der Waals surface area contributed by atoms with Crippen LogP contribution in [0, 0.1) is 0 Å². The third kappa shape index (κ3) is 4.10. The van der Waals surface area contributed by atoms with Crippen LogP contribution >= 0.6 is 11.6 Å². The largest absolute Gasteiger partial charge is 0.493 e. The number of methoxy groups -OCH3 is 1. The van der Waals surface area contributed by atoms with E-state index in [-0.39, 0.29) is 0 Å². The van der Waals surface area contributed by atoms with E-state index >= 15 is 0 Å². The summed E-state index contributed by atoms with van der Waals surface area (Å²) in [5, 5.41) is 3.93. The van der Waals surface area contributed by atoms with Crippen LogP contribution in [-0.2, 0) is 6.54 Å². The lowest BCUT2D eigenvalue weighted by Crippen LogP contribution is -2.21. The first kappa shape index (κ1) is 14.1. The summed E-state index contributed by atoms with van der Waals surface area (Å²) in [6, 6.07) is 4.29. The molecule has 0 aromatic heterocycles. The second-order valence-electron chi connectivity index (χ2n) is 4.08. The Balaban J connectivity index is 2.92. The molecule has 1 aromatic carbocycles. The summed E-state index contributed by atoms with van der Waals surface area (Å²) in [6.07, 6.45) is 0. The molecule has 0 fully saturated rings. The molecule has 0 aliphatic heterocycles. The highest BCUT2D eigenvalue weighted by Gasteiger charge is 2.11. The first-order valence-corrected chi connectivity index (χ1v) is 6.18. The molecule has 0 aliphatic rings. The second kappa shape index (κ2) is 6.72. The maximum atomic E-state index is 6.17. The molecule has 96 valence electrons. The van der Waals surface area contributed by atoms with E-state index in [2.05, 4.69) is 19.2 Å². The first-order valence-electron chi connectivity index (χ1n) is 5.81. The zero-order chi connectivity index (χ0) is 12.8. The van der Waals surface area contributed by atoms with Crippen molar-refractivity contribution in [2.45, 2.75) is 33.4 Å². The molecule has 3 nitrogen and oxygen atoms in total. The predicted octanol–water partition coefficient (Wildman–Crippen LogP) is 3.25. The van der Waals surface area contributed by atoms with Crippen molar-refractivity contribution in [3.8, 4) is 11.5 Å². The average molecular weight is 258 g/mol. The number of hydrogen-bond donors (Lipinski definition) is 1. The molecule has 0 amide bonds.